The number of benzene rings is 1. The van der Waals surface area contributed by atoms with Gasteiger partial charge >= 0.3 is 0 Å². The van der Waals surface area contributed by atoms with Crippen molar-refractivity contribution in [2.75, 3.05) is 11.6 Å². The van der Waals surface area contributed by atoms with Crippen LogP contribution in [0.1, 0.15) is 33.1 Å². The molecule has 3 atom stereocenters. The lowest BCUT2D eigenvalue weighted by Gasteiger charge is -2.34. The Balaban J connectivity index is 1.60. The minimum atomic E-state index is 0.00300. The average molecular weight is 394 g/mol. The van der Waals surface area contributed by atoms with Crippen molar-refractivity contribution in [3.63, 3.8) is 0 Å². The Morgan fingerprint density at radius 1 is 1.35 bits per heavy atom. The highest BCUT2D eigenvalue weighted by molar-refractivity contribution is 7.99. The fourth-order valence-corrected chi connectivity index (χ4v) is 4.25. The molecule has 140 valence electrons. The summed E-state index contributed by atoms with van der Waals surface area (Å²) in [5.41, 5.74) is 0.713. The topological polar surface area (TPSA) is 85.8 Å². The van der Waals surface area contributed by atoms with Crippen molar-refractivity contribution in [1.29, 1.82) is 0 Å². The van der Waals surface area contributed by atoms with Gasteiger partial charge in [0.2, 0.25) is 11.1 Å². The molecule has 1 aliphatic rings. The van der Waals surface area contributed by atoms with Crippen LogP contribution in [0.5, 0.6) is 0 Å². The molecule has 3 N–H and O–H groups in total. The molecule has 6 nitrogen and oxygen atoms in total. The van der Waals surface area contributed by atoms with Crippen LogP contribution < -0.4 is 11.2 Å². The molecule has 1 amide bonds. The molecule has 0 unspecified atom stereocenters. The molecule has 0 spiro atoms. The van der Waals surface area contributed by atoms with E-state index < -0.39 is 0 Å². The molecule has 1 heterocycles. The molecule has 1 saturated carbocycles. The number of carbonyl (C=O) groups is 1. The molecule has 2 aromatic rings. The van der Waals surface area contributed by atoms with Gasteiger partial charge in [0.25, 0.3) is 0 Å². The molecule has 1 fully saturated rings. The molecular formula is C18H24ClN5OS. The minimum Gasteiger partial charge on any atom is -0.352 e. The summed E-state index contributed by atoms with van der Waals surface area (Å²) in [5.74, 6) is 7.99. The molecule has 1 aromatic carbocycles. The van der Waals surface area contributed by atoms with Crippen molar-refractivity contribution in [3.05, 3.63) is 29.3 Å². The Labute approximate surface area is 162 Å². The number of nitrogens with zero attached hydrogens (tertiary/aromatic N) is 3. The maximum Gasteiger partial charge on any atom is 0.230 e. The second kappa shape index (κ2) is 8.31. The highest BCUT2D eigenvalue weighted by Gasteiger charge is 2.28. The lowest BCUT2D eigenvalue weighted by Crippen LogP contribution is -2.44. The van der Waals surface area contributed by atoms with Crippen molar-refractivity contribution in [2.45, 2.75) is 44.3 Å². The van der Waals surface area contributed by atoms with Gasteiger partial charge in [-0.15, -0.1) is 10.2 Å². The average Bonchev–Trinajstić information content (AvgIpc) is 2.98. The minimum absolute atomic E-state index is 0.00300. The predicted octanol–water partition coefficient (Wildman–Crippen LogP) is 3.35. The Bertz CT molecular complexity index is 781. The van der Waals surface area contributed by atoms with Crippen LogP contribution in [0.4, 0.5) is 0 Å². The van der Waals surface area contributed by atoms with E-state index in [0.29, 0.717) is 33.4 Å². The van der Waals surface area contributed by atoms with E-state index in [2.05, 4.69) is 29.4 Å². The van der Waals surface area contributed by atoms with Crippen LogP contribution in [-0.4, -0.2) is 32.6 Å². The van der Waals surface area contributed by atoms with E-state index >= 15 is 0 Å². The van der Waals surface area contributed by atoms with Crippen molar-refractivity contribution in [3.8, 4) is 11.4 Å². The Morgan fingerprint density at radius 2 is 2.12 bits per heavy atom. The van der Waals surface area contributed by atoms with Crippen LogP contribution in [0.15, 0.2) is 29.4 Å². The Kier molecular flexibility index (Phi) is 6.09. The smallest absolute Gasteiger partial charge is 0.230 e. The van der Waals surface area contributed by atoms with Crippen LogP contribution in [0.3, 0.4) is 0 Å². The van der Waals surface area contributed by atoms with Gasteiger partial charge in [-0.3, -0.25) is 4.79 Å². The summed E-state index contributed by atoms with van der Waals surface area (Å²) < 4.78 is 1.38. The summed E-state index contributed by atoms with van der Waals surface area (Å²) in [6.45, 7) is 4.47. The first kappa shape index (κ1) is 19.0. The highest BCUT2D eigenvalue weighted by Crippen LogP contribution is 2.30. The lowest BCUT2D eigenvalue weighted by atomic mass is 9.78. The van der Waals surface area contributed by atoms with Gasteiger partial charge < -0.3 is 11.2 Å². The van der Waals surface area contributed by atoms with Gasteiger partial charge in [-0.25, -0.2) is 4.68 Å². The maximum atomic E-state index is 12.3. The second-order valence-electron chi connectivity index (χ2n) is 6.89. The third-order valence-electron chi connectivity index (χ3n) is 5.16. The van der Waals surface area contributed by atoms with E-state index in [9.17, 15) is 4.79 Å². The van der Waals surface area contributed by atoms with E-state index in [1.807, 2.05) is 18.2 Å². The van der Waals surface area contributed by atoms with Crippen molar-refractivity contribution in [2.24, 2.45) is 11.8 Å². The first-order valence-corrected chi connectivity index (χ1v) is 10.2. The zero-order valence-corrected chi connectivity index (χ0v) is 16.6. The molecule has 8 heteroatoms. The van der Waals surface area contributed by atoms with E-state index in [0.717, 1.165) is 6.42 Å². The second-order valence-corrected chi connectivity index (χ2v) is 8.24. The van der Waals surface area contributed by atoms with E-state index in [1.54, 1.807) is 6.07 Å². The maximum absolute atomic E-state index is 12.3. The third kappa shape index (κ3) is 4.15. The van der Waals surface area contributed by atoms with Crippen LogP contribution in [0, 0.1) is 11.8 Å². The number of carbonyl (C=O) groups excluding carboxylic acids is 1. The summed E-state index contributed by atoms with van der Waals surface area (Å²) in [6.07, 6.45) is 3.46. The molecular weight excluding hydrogens is 370 g/mol. The number of hydrogen-bond donors (Lipinski definition) is 2. The first-order chi connectivity index (χ1) is 12.5. The zero-order chi connectivity index (χ0) is 18.7. The number of halogens is 1. The Morgan fingerprint density at radius 3 is 2.88 bits per heavy atom. The monoisotopic (exact) mass is 393 g/mol. The molecule has 26 heavy (non-hydrogen) atoms. The van der Waals surface area contributed by atoms with E-state index in [1.165, 1.54) is 29.3 Å². The molecule has 0 saturated heterocycles. The van der Waals surface area contributed by atoms with E-state index in [4.69, 9.17) is 17.4 Å². The number of nitrogens with one attached hydrogen (secondary N) is 1. The van der Waals surface area contributed by atoms with Gasteiger partial charge in [0.1, 0.15) is 0 Å². The molecule has 1 aromatic heterocycles. The zero-order valence-electron chi connectivity index (χ0n) is 15.0. The molecule has 0 bridgehead atoms. The standard InChI is InChI=1S/C18H24ClN5OS/c1-11-6-5-9-15(12(11)2)21-16(25)10-26-18-23-22-17(24(18)20)13-7-3-4-8-14(13)19/h3-4,7-8,11-12,15H,5-6,9-10,20H2,1-2H3,(H,21,25)/t11-,12-,15-/m1/s1. The quantitative estimate of drug-likeness (QED) is 0.601. The fraction of sp³-hybridized carbons (Fsp3) is 0.500. The van der Waals surface area contributed by atoms with Crippen molar-refractivity contribution >= 4 is 29.3 Å². The number of aromatic nitrogens is 3. The van der Waals surface area contributed by atoms with Crippen molar-refractivity contribution < 1.29 is 4.79 Å². The highest BCUT2D eigenvalue weighted by atomic mass is 35.5. The predicted molar refractivity (Wildman–Crippen MR) is 105 cm³/mol. The first-order valence-electron chi connectivity index (χ1n) is 8.85. The van der Waals surface area contributed by atoms with Crippen LogP contribution in [0.2, 0.25) is 5.02 Å². The number of nitrogens with two attached hydrogens (primary N) is 1. The van der Waals surface area contributed by atoms with Gasteiger partial charge in [-0.2, -0.15) is 0 Å². The summed E-state index contributed by atoms with van der Waals surface area (Å²) in [7, 11) is 0. The number of amides is 1. The molecule has 0 aliphatic heterocycles. The van der Waals surface area contributed by atoms with Crippen LogP contribution in [0.25, 0.3) is 11.4 Å². The molecule has 1 aliphatic carbocycles. The van der Waals surface area contributed by atoms with Gasteiger partial charge in [-0.1, -0.05) is 62.2 Å². The molecule has 3 rings (SSSR count). The largest absolute Gasteiger partial charge is 0.352 e. The number of hydrogen-bond acceptors (Lipinski definition) is 5. The Hall–Kier alpha value is -1.73. The summed E-state index contributed by atoms with van der Waals surface area (Å²) in [5, 5.41) is 12.4. The van der Waals surface area contributed by atoms with Crippen LogP contribution in [-0.2, 0) is 4.79 Å². The number of rotatable bonds is 5. The normalized spacial score (nSPS) is 23.0. The van der Waals surface area contributed by atoms with Gasteiger partial charge in [0, 0.05) is 11.6 Å². The number of nitrogen functional groups attached to an aromatic ring is 1. The summed E-state index contributed by atoms with van der Waals surface area (Å²) >= 11 is 7.47. The van der Waals surface area contributed by atoms with Gasteiger partial charge in [-0.05, 0) is 30.4 Å². The number of thioether (sulfide) groups is 1. The fourth-order valence-electron chi connectivity index (χ4n) is 3.37. The van der Waals surface area contributed by atoms with Crippen LogP contribution >= 0.6 is 23.4 Å². The summed E-state index contributed by atoms with van der Waals surface area (Å²) in [6, 6.07) is 7.57. The summed E-state index contributed by atoms with van der Waals surface area (Å²) in [4.78, 5) is 12.3. The van der Waals surface area contributed by atoms with E-state index in [-0.39, 0.29) is 17.7 Å². The van der Waals surface area contributed by atoms with Gasteiger partial charge in [0.05, 0.1) is 10.8 Å². The van der Waals surface area contributed by atoms with Crippen molar-refractivity contribution in [1.82, 2.24) is 20.2 Å². The SMILES string of the molecule is C[C@@H]1[C@H](C)CCC[C@H]1NC(=O)CSc1nnc(-c2ccccc2Cl)n1N. The lowest BCUT2D eigenvalue weighted by molar-refractivity contribution is -0.120. The van der Waals surface area contributed by atoms with Gasteiger partial charge in [0.15, 0.2) is 5.82 Å². The molecule has 0 radical (unpaired) electrons. The third-order valence-corrected chi connectivity index (χ3v) is 6.44.